The summed E-state index contributed by atoms with van der Waals surface area (Å²) < 4.78 is 13.5. The lowest BCUT2D eigenvalue weighted by atomic mass is 9.93. The Morgan fingerprint density at radius 1 is 1.00 bits per heavy atom. The minimum absolute atomic E-state index is 0.382. The summed E-state index contributed by atoms with van der Waals surface area (Å²) in [7, 11) is 0. The van der Waals surface area contributed by atoms with E-state index in [-0.39, 0.29) is 5.82 Å². The van der Waals surface area contributed by atoms with E-state index in [2.05, 4.69) is 0 Å². The fourth-order valence-corrected chi connectivity index (χ4v) is 2.40. The molecule has 0 saturated carbocycles. The molecule has 0 spiro atoms. The second-order valence-corrected chi connectivity index (χ2v) is 4.55. The van der Waals surface area contributed by atoms with Gasteiger partial charge in [-0.3, -0.25) is 0 Å². The maximum atomic E-state index is 13.5. The van der Waals surface area contributed by atoms with Crippen molar-refractivity contribution >= 4 is 23.7 Å². The lowest BCUT2D eigenvalue weighted by Gasteiger charge is -2.11. The highest BCUT2D eigenvalue weighted by molar-refractivity contribution is 6.00. The first kappa shape index (κ1) is 12.4. The van der Waals surface area contributed by atoms with Crippen LogP contribution in [-0.2, 0) is 4.79 Å². The van der Waals surface area contributed by atoms with E-state index < -0.39 is 5.97 Å². The number of carboxylic acid groups (broad SMARTS) is 1. The van der Waals surface area contributed by atoms with Gasteiger partial charge < -0.3 is 5.11 Å². The summed E-state index contributed by atoms with van der Waals surface area (Å²) in [4.78, 5) is 11.1. The first-order chi connectivity index (χ1) is 9.65. The number of aliphatic carboxylic acids is 1. The molecule has 2 aromatic carbocycles. The minimum atomic E-state index is -1.05. The third-order valence-corrected chi connectivity index (χ3v) is 3.27. The van der Waals surface area contributed by atoms with Crippen molar-refractivity contribution in [2.75, 3.05) is 0 Å². The van der Waals surface area contributed by atoms with Crippen LogP contribution in [0.3, 0.4) is 0 Å². The first-order valence-electron chi connectivity index (χ1n) is 6.17. The third kappa shape index (κ3) is 2.14. The van der Waals surface area contributed by atoms with Gasteiger partial charge in [-0.1, -0.05) is 42.5 Å². The Labute approximate surface area is 115 Å². The molecule has 1 N–H and O–H groups in total. The predicted octanol–water partition coefficient (Wildman–Crippen LogP) is 3.83. The zero-order valence-electron chi connectivity index (χ0n) is 10.5. The van der Waals surface area contributed by atoms with Gasteiger partial charge in [0.2, 0.25) is 0 Å². The van der Waals surface area contributed by atoms with Gasteiger partial charge in [0, 0.05) is 6.08 Å². The lowest BCUT2D eigenvalue weighted by molar-refractivity contribution is -0.131. The van der Waals surface area contributed by atoms with Gasteiger partial charge in [0.25, 0.3) is 0 Å². The van der Waals surface area contributed by atoms with Gasteiger partial charge >= 0.3 is 5.97 Å². The van der Waals surface area contributed by atoms with Crippen LogP contribution in [0, 0.1) is 5.82 Å². The Hall–Kier alpha value is -2.68. The van der Waals surface area contributed by atoms with Crippen LogP contribution in [-0.4, -0.2) is 11.1 Å². The molecule has 0 aromatic heterocycles. The molecule has 0 bridgehead atoms. The molecule has 1 aliphatic carbocycles. The van der Waals surface area contributed by atoms with Crippen LogP contribution in [0.5, 0.6) is 0 Å². The van der Waals surface area contributed by atoms with Crippen LogP contribution < -0.4 is 0 Å². The van der Waals surface area contributed by atoms with Crippen LogP contribution in [0.1, 0.15) is 22.3 Å². The monoisotopic (exact) mass is 266 g/mol. The highest BCUT2D eigenvalue weighted by Gasteiger charge is 2.16. The molecule has 0 saturated heterocycles. The SMILES string of the molecule is O=C(O)C=C1c2ccccc2C=Cc2ccc(F)cc21. The molecular weight excluding hydrogens is 255 g/mol. The van der Waals surface area contributed by atoms with Gasteiger partial charge in [0.05, 0.1) is 0 Å². The molecule has 0 radical (unpaired) electrons. The summed E-state index contributed by atoms with van der Waals surface area (Å²) in [5, 5.41) is 9.09. The Morgan fingerprint density at radius 3 is 2.45 bits per heavy atom. The smallest absolute Gasteiger partial charge is 0.328 e. The quantitative estimate of drug-likeness (QED) is 0.680. The summed E-state index contributed by atoms with van der Waals surface area (Å²) in [5.74, 6) is -1.43. The molecule has 98 valence electrons. The van der Waals surface area contributed by atoms with Gasteiger partial charge in [-0.05, 0) is 40.0 Å². The second-order valence-electron chi connectivity index (χ2n) is 4.55. The van der Waals surface area contributed by atoms with Crippen LogP contribution in [0.2, 0.25) is 0 Å². The van der Waals surface area contributed by atoms with Crippen molar-refractivity contribution in [1.82, 2.24) is 0 Å². The van der Waals surface area contributed by atoms with Crippen molar-refractivity contribution in [2.24, 2.45) is 0 Å². The van der Waals surface area contributed by atoms with Gasteiger partial charge in [0.1, 0.15) is 5.82 Å². The van der Waals surface area contributed by atoms with Gasteiger partial charge in [-0.2, -0.15) is 0 Å². The maximum absolute atomic E-state index is 13.5. The van der Waals surface area contributed by atoms with E-state index in [0.29, 0.717) is 11.1 Å². The number of fused-ring (bicyclic) bond motifs is 2. The number of carboxylic acids is 1. The molecule has 0 atom stereocenters. The molecule has 0 fully saturated rings. The number of hydrogen-bond acceptors (Lipinski definition) is 1. The predicted molar refractivity (Wildman–Crippen MR) is 76.5 cm³/mol. The second kappa shape index (κ2) is 4.78. The van der Waals surface area contributed by atoms with Crippen LogP contribution in [0.4, 0.5) is 4.39 Å². The molecule has 0 unspecified atom stereocenters. The Balaban J connectivity index is 2.35. The zero-order chi connectivity index (χ0) is 14.1. The summed E-state index contributed by atoms with van der Waals surface area (Å²) in [5.41, 5.74) is 3.61. The van der Waals surface area contributed by atoms with Gasteiger partial charge in [-0.25, -0.2) is 9.18 Å². The topological polar surface area (TPSA) is 37.3 Å². The van der Waals surface area contributed by atoms with Crippen LogP contribution in [0.25, 0.3) is 17.7 Å². The van der Waals surface area contributed by atoms with E-state index in [9.17, 15) is 9.18 Å². The number of hydrogen-bond donors (Lipinski definition) is 1. The van der Waals surface area contributed by atoms with E-state index >= 15 is 0 Å². The van der Waals surface area contributed by atoms with Gasteiger partial charge in [-0.15, -0.1) is 0 Å². The molecule has 3 rings (SSSR count). The molecular formula is C17H11FO2. The normalized spacial score (nSPS) is 14.6. The summed E-state index contributed by atoms with van der Waals surface area (Å²) >= 11 is 0. The van der Waals surface area contributed by atoms with Crippen molar-refractivity contribution in [3.05, 3.63) is 76.6 Å². The number of rotatable bonds is 1. The van der Waals surface area contributed by atoms with Crippen molar-refractivity contribution in [3.63, 3.8) is 0 Å². The molecule has 20 heavy (non-hydrogen) atoms. The molecule has 0 aliphatic heterocycles. The molecule has 2 aromatic rings. The standard InChI is InChI=1S/C17H11FO2/c18-13-8-7-12-6-5-11-3-1-2-4-14(11)16(10-17(19)20)15(12)9-13/h1-10H,(H,19,20). The van der Waals surface area contributed by atoms with Crippen molar-refractivity contribution < 1.29 is 14.3 Å². The highest BCUT2D eigenvalue weighted by Crippen LogP contribution is 2.33. The van der Waals surface area contributed by atoms with E-state index in [1.54, 1.807) is 6.07 Å². The van der Waals surface area contributed by atoms with E-state index in [0.717, 1.165) is 22.8 Å². The average Bonchev–Trinajstić information content (AvgIpc) is 2.57. The number of halogens is 1. The van der Waals surface area contributed by atoms with Crippen molar-refractivity contribution in [3.8, 4) is 0 Å². The summed E-state index contributed by atoms with van der Waals surface area (Å²) in [6.07, 6.45) is 4.91. The summed E-state index contributed by atoms with van der Waals surface area (Å²) in [6, 6.07) is 11.9. The van der Waals surface area contributed by atoms with Crippen molar-refractivity contribution in [1.29, 1.82) is 0 Å². The molecule has 0 amide bonds. The lowest BCUT2D eigenvalue weighted by Crippen LogP contribution is -1.97. The Bertz CT molecular complexity index is 757. The van der Waals surface area contributed by atoms with E-state index in [1.807, 2.05) is 36.4 Å². The fraction of sp³-hybridized carbons (Fsp3) is 0. The highest BCUT2D eigenvalue weighted by atomic mass is 19.1. The summed E-state index contributed by atoms with van der Waals surface area (Å²) in [6.45, 7) is 0. The Kier molecular flexibility index (Phi) is 2.95. The van der Waals surface area contributed by atoms with Crippen molar-refractivity contribution in [2.45, 2.75) is 0 Å². The first-order valence-corrected chi connectivity index (χ1v) is 6.17. The number of carbonyl (C=O) groups is 1. The molecule has 1 aliphatic rings. The molecule has 0 heterocycles. The number of benzene rings is 2. The molecule has 3 heteroatoms. The van der Waals surface area contributed by atoms with Gasteiger partial charge in [0.15, 0.2) is 0 Å². The van der Waals surface area contributed by atoms with E-state index in [4.69, 9.17) is 5.11 Å². The van der Waals surface area contributed by atoms with E-state index in [1.165, 1.54) is 12.1 Å². The fourth-order valence-electron chi connectivity index (χ4n) is 2.40. The zero-order valence-corrected chi connectivity index (χ0v) is 10.5. The largest absolute Gasteiger partial charge is 0.478 e. The average molecular weight is 266 g/mol. The Morgan fingerprint density at radius 2 is 1.70 bits per heavy atom. The maximum Gasteiger partial charge on any atom is 0.328 e. The van der Waals surface area contributed by atoms with Crippen LogP contribution >= 0.6 is 0 Å². The van der Waals surface area contributed by atoms with Crippen LogP contribution in [0.15, 0.2) is 48.5 Å². The minimum Gasteiger partial charge on any atom is -0.478 e. The third-order valence-electron chi connectivity index (χ3n) is 3.27. The molecule has 2 nitrogen and oxygen atoms in total.